The lowest BCUT2D eigenvalue weighted by Gasteiger charge is -2.12. The normalized spacial score (nSPS) is 12.1. The summed E-state index contributed by atoms with van der Waals surface area (Å²) >= 11 is 3.38. The average Bonchev–Trinajstić information content (AvgIpc) is 2.35. The summed E-state index contributed by atoms with van der Waals surface area (Å²) in [5.41, 5.74) is 1.50. The smallest absolute Gasteiger partial charge is 0.312 e. The highest BCUT2D eigenvalue weighted by Gasteiger charge is 2.22. The van der Waals surface area contributed by atoms with Crippen molar-refractivity contribution in [3.8, 4) is 0 Å². The summed E-state index contributed by atoms with van der Waals surface area (Å²) < 4.78 is 0.938. The third kappa shape index (κ3) is 3.61. The molecule has 19 heavy (non-hydrogen) atoms. The van der Waals surface area contributed by atoms with E-state index < -0.39 is 11.9 Å². The number of halogens is 1. The minimum atomic E-state index is -0.877. The van der Waals surface area contributed by atoms with Crippen LogP contribution in [0.2, 0.25) is 0 Å². The van der Waals surface area contributed by atoms with Gasteiger partial charge in [0.2, 0.25) is 0 Å². The van der Waals surface area contributed by atoms with Gasteiger partial charge in [-0.25, -0.2) is 9.97 Å². The molecule has 0 aliphatic heterocycles. The molecule has 1 atom stereocenters. The van der Waals surface area contributed by atoms with Crippen molar-refractivity contribution in [2.75, 3.05) is 0 Å². The Morgan fingerprint density at radius 1 is 1.42 bits per heavy atom. The van der Waals surface area contributed by atoms with Crippen molar-refractivity contribution in [1.82, 2.24) is 9.97 Å². The first kappa shape index (κ1) is 13.7. The van der Waals surface area contributed by atoms with Crippen LogP contribution in [0.1, 0.15) is 23.0 Å². The molecule has 0 bridgehead atoms. The number of aliphatic carboxylic acids is 1. The molecule has 0 spiro atoms. The fraction of sp³-hybridized carbons (Fsp3) is 0.214. The van der Waals surface area contributed by atoms with Gasteiger partial charge in [-0.05, 0) is 37.1 Å². The first-order valence-corrected chi connectivity index (χ1v) is 6.62. The van der Waals surface area contributed by atoms with Crippen molar-refractivity contribution in [2.24, 2.45) is 0 Å². The van der Waals surface area contributed by atoms with Crippen molar-refractivity contribution in [3.63, 3.8) is 0 Å². The highest BCUT2D eigenvalue weighted by Crippen LogP contribution is 2.21. The Kier molecular flexibility index (Phi) is 4.27. The first-order chi connectivity index (χ1) is 9.06. The zero-order valence-corrected chi connectivity index (χ0v) is 12.0. The van der Waals surface area contributed by atoms with E-state index in [1.807, 2.05) is 24.3 Å². The van der Waals surface area contributed by atoms with Crippen LogP contribution in [0, 0.1) is 6.92 Å². The lowest BCUT2D eigenvalue weighted by molar-refractivity contribution is -0.138. The highest BCUT2D eigenvalue weighted by atomic mass is 79.9. The summed E-state index contributed by atoms with van der Waals surface area (Å²) in [6, 6.07) is 9.29. The third-order valence-corrected chi connectivity index (χ3v) is 3.27. The molecule has 4 nitrogen and oxygen atoms in total. The number of nitrogens with zero attached hydrogens (tertiary/aromatic N) is 2. The molecule has 0 fully saturated rings. The first-order valence-electron chi connectivity index (χ1n) is 5.83. The summed E-state index contributed by atoms with van der Waals surface area (Å²) in [4.78, 5) is 19.6. The molecule has 2 rings (SSSR count). The molecule has 0 aliphatic carbocycles. The largest absolute Gasteiger partial charge is 0.481 e. The van der Waals surface area contributed by atoms with Crippen LogP contribution < -0.4 is 0 Å². The van der Waals surface area contributed by atoms with E-state index in [2.05, 4.69) is 25.9 Å². The molecular formula is C14H13BrN2O2. The van der Waals surface area contributed by atoms with Gasteiger partial charge in [-0.1, -0.05) is 28.1 Å². The van der Waals surface area contributed by atoms with Crippen LogP contribution in [0.4, 0.5) is 0 Å². The maximum atomic E-state index is 11.4. The Hall–Kier alpha value is -1.75. The van der Waals surface area contributed by atoms with E-state index in [1.165, 1.54) is 0 Å². The van der Waals surface area contributed by atoms with Gasteiger partial charge < -0.3 is 5.11 Å². The van der Waals surface area contributed by atoms with E-state index in [4.69, 9.17) is 0 Å². The second-order valence-electron chi connectivity index (χ2n) is 4.25. The minimum Gasteiger partial charge on any atom is -0.481 e. The molecule has 98 valence electrons. The SMILES string of the molecule is Cc1nccc(C(Cc2cccc(Br)c2)C(=O)O)n1. The van der Waals surface area contributed by atoms with Gasteiger partial charge in [-0.3, -0.25) is 4.79 Å². The minimum absolute atomic E-state index is 0.408. The Morgan fingerprint density at radius 2 is 2.21 bits per heavy atom. The van der Waals surface area contributed by atoms with Crippen LogP contribution in [0.25, 0.3) is 0 Å². The number of aromatic nitrogens is 2. The number of rotatable bonds is 4. The van der Waals surface area contributed by atoms with E-state index in [0.29, 0.717) is 17.9 Å². The predicted octanol–water partition coefficient (Wildman–Crippen LogP) is 2.96. The molecule has 5 heteroatoms. The quantitative estimate of drug-likeness (QED) is 0.940. The van der Waals surface area contributed by atoms with Gasteiger partial charge in [-0.2, -0.15) is 0 Å². The van der Waals surface area contributed by atoms with Gasteiger partial charge in [-0.15, -0.1) is 0 Å². The molecular weight excluding hydrogens is 308 g/mol. The van der Waals surface area contributed by atoms with Crippen LogP contribution in [-0.2, 0) is 11.2 Å². The molecule has 0 aliphatic rings. The zero-order valence-electron chi connectivity index (χ0n) is 10.4. The number of carbonyl (C=O) groups is 1. The predicted molar refractivity (Wildman–Crippen MR) is 75.0 cm³/mol. The molecule has 1 aromatic carbocycles. The van der Waals surface area contributed by atoms with Gasteiger partial charge in [0.15, 0.2) is 0 Å². The second-order valence-corrected chi connectivity index (χ2v) is 5.17. The van der Waals surface area contributed by atoms with Gasteiger partial charge in [0, 0.05) is 10.7 Å². The van der Waals surface area contributed by atoms with E-state index in [-0.39, 0.29) is 0 Å². The van der Waals surface area contributed by atoms with Crippen molar-refractivity contribution >= 4 is 21.9 Å². The van der Waals surface area contributed by atoms with Crippen molar-refractivity contribution in [1.29, 1.82) is 0 Å². The fourth-order valence-corrected chi connectivity index (χ4v) is 2.33. The van der Waals surface area contributed by atoms with Gasteiger partial charge in [0.05, 0.1) is 5.69 Å². The fourth-order valence-electron chi connectivity index (χ4n) is 1.89. The summed E-state index contributed by atoms with van der Waals surface area (Å²) in [7, 11) is 0. The van der Waals surface area contributed by atoms with Crippen molar-refractivity contribution in [3.05, 3.63) is 58.1 Å². The van der Waals surface area contributed by atoms with E-state index in [0.717, 1.165) is 10.0 Å². The molecule has 0 radical (unpaired) electrons. The van der Waals surface area contributed by atoms with Gasteiger partial charge >= 0.3 is 5.97 Å². The number of aryl methyl sites for hydroxylation is 1. The molecule has 0 saturated carbocycles. The molecule has 1 N–H and O–H groups in total. The Labute approximate surface area is 119 Å². The van der Waals surface area contributed by atoms with Crippen LogP contribution in [-0.4, -0.2) is 21.0 Å². The zero-order chi connectivity index (χ0) is 13.8. The van der Waals surface area contributed by atoms with Crippen molar-refractivity contribution < 1.29 is 9.90 Å². The number of hydrogen-bond acceptors (Lipinski definition) is 3. The molecule has 0 saturated heterocycles. The molecule has 0 amide bonds. The molecule has 1 heterocycles. The summed E-state index contributed by atoms with van der Waals surface area (Å²) in [6.07, 6.45) is 2.00. The average molecular weight is 321 g/mol. The standard InChI is InChI=1S/C14H13BrN2O2/c1-9-16-6-5-13(17-9)12(14(18)19)8-10-3-2-4-11(15)7-10/h2-7,12H,8H2,1H3,(H,18,19). The van der Waals surface area contributed by atoms with Gasteiger partial charge in [0.25, 0.3) is 0 Å². The third-order valence-electron chi connectivity index (χ3n) is 2.78. The van der Waals surface area contributed by atoms with Crippen LogP contribution in [0.3, 0.4) is 0 Å². The Morgan fingerprint density at radius 3 is 2.84 bits per heavy atom. The number of benzene rings is 1. The summed E-state index contributed by atoms with van der Waals surface area (Å²) in [5.74, 6) is -0.952. The van der Waals surface area contributed by atoms with Gasteiger partial charge in [0.1, 0.15) is 11.7 Å². The monoisotopic (exact) mass is 320 g/mol. The number of carboxylic acids is 1. The van der Waals surface area contributed by atoms with E-state index in [1.54, 1.807) is 19.2 Å². The second kappa shape index (κ2) is 5.93. The summed E-state index contributed by atoms with van der Waals surface area (Å²) in [6.45, 7) is 1.75. The lowest BCUT2D eigenvalue weighted by atomic mass is 9.96. The number of carboxylic acid groups (broad SMARTS) is 1. The Balaban J connectivity index is 2.29. The van der Waals surface area contributed by atoms with Crippen molar-refractivity contribution in [2.45, 2.75) is 19.3 Å². The molecule has 1 aromatic heterocycles. The maximum absolute atomic E-state index is 11.4. The number of hydrogen-bond donors (Lipinski definition) is 1. The maximum Gasteiger partial charge on any atom is 0.312 e. The Bertz CT molecular complexity index is 602. The molecule has 2 aromatic rings. The topological polar surface area (TPSA) is 63.1 Å². The highest BCUT2D eigenvalue weighted by molar-refractivity contribution is 9.10. The summed E-state index contributed by atoms with van der Waals surface area (Å²) in [5, 5.41) is 9.38. The van der Waals surface area contributed by atoms with E-state index in [9.17, 15) is 9.90 Å². The lowest BCUT2D eigenvalue weighted by Crippen LogP contribution is -2.16. The molecule has 1 unspecified atom stereocenters. The van der Waals surface area contributed by atoms with Crippen LogP contribution in [0.15, 0.2) is 41.0 Å². The van der Waals surface area contributed by atoms with E-state index >= 15 is 0 Å². The van der Waals surface area contributed by atoms with Crippen LogP contribution in [0.5, 0.6) is 0 Å². The van der Waals surface area contributed by atoms with Crippen LogP contribution >= 0.6 is 15.9 Å².